The van der Waals surface area contributed by atoms with Gasteiger partial charge in [-0.3, -0.25) is 4.79 Å². The van der Waals surface area contributed by atoms with Gasteiger partial charge in [-0.05, 0) is 20.3 Å². The van der Waals surface area contributed by atoms with Crippen molar-refractivity contribution in [3.05, 3.63) is 12.8 Å². The first-order valence-corrected chi connectivity index (χ1v) is 8.46. The molecule has 8 nitrogen and oxygen atoms in total. The highest BCUT2D eigenvalue weighted by molar-refractivity contribution is 5.67. The summed E-state index contributed by atoms with van der Waals surface area (Å²) in [6.07, 6.45) is -0.125. The van der Waals surface area contributed by atoms with E-state index in [1.807, 2.05) is 6.92 Å². The van der Waals surface area contributed by atoms with Crippen molar-refractivity contribution in [1.82, 2.24) is 5.32 Å². The Labute approximate surface area is 149 Å². The van der Waals surface area contributed by atoms with Gasteiger partial charge < -0.3 is 29.4 Å². The van der Waals surface area contributed by atoms with Crippen LogP contribution in [0, 0.1) is 0 Å². The van der Waals surface area contributed by atoms with E-state index in [1.54, 1.807) is 13.8 Å². The molecule has 0 bridgehead atoms. The summed E-state index contributed by atoms with van der Waals surface area (Å²) in [6, 6.07) is 0. The second kappa shape index (κ2) is 13.5. The summed E-state index contributed by atoms with van der Waals surface area (Å²) >= 11 is 0. The third-order valence-corrected chi connectivity index (χ3v) is 3.25. The van der Waals surface area contributed by atoms with E-state index >= 15 is 0 Å². The minimum Gasteiger partial charge on any atom is -0.473 e. The summed E-state index contributed by atoms with van der Waals surface area (Å²) in [5, 5.41) is 12.3. The number of rotatable bonds is 13. The van der Waals surface area contributed by atoms with Gasteiger partial charge >= 0.3 is 12.1 Å². The van der Waals surface area contributed by atoms with Crippen LogP contribution in [0.1, 0.15) is 47.0 Å². The lowest BCUT2D eigenvalue weighted by Gasteiger charge is -2.23. The van der Waals surface area contributed by atoms with Crippen molar-refractivity contribution in [2.45, 2.75) is 71.6 Å². The Bertz CT molecular complexity index is 402. The molecule has 0 aliphatic heterocycles. The van der Waals surface area contributed by atoms with E-state index in [4.69, 9.17) is 18.9 Å². The molecule has 0 radical (unpaired) electrons. The highest BCUT2D eigenvalue weighted by Gasteiger charge is 2.21. The predicted molar refractivity (Wildman–Crippen MR) is 91.7 cm³/mol. The van der Waals surface area contributed by atoms with Gasteiger partial charge in [-0.25, -0.2) is 4.79 Å². The molecular weight excluding hydrogens is 330 g/mol. The molecule has 0 spiro atoms. The first kappa shape index (κ1) is 23.2. The molecule has 0 heterocycles. The average Bonchev–Trinajstić information content (AvgIpc) is 2.50. The van der Waals surface area contributed by atoms with Crippen LogP contribution in [0.3, 0.4) is 0 Å². The number of esters is 1. The molecule has 4 atom stereocenters. The number of aliphatic hydroxyl groups excluding tert-OH is 1. The highest BCUT2D eigenvalue weighted by atomic mass is 16.7. The van der Waals surface area contributed by atoms with Crippen LogP contribution in [0.25, 0.3) is 0 Å². The van der Waals surface area contributed by atoms with Crippen LogP contribution in [0.2, 0.25) is 0 Å². The summed E-state index contributed by atoms with van der Waals surface area (Å²) in [5.41, 5.74) is 0. The summed E-state index contributed by atoms with van der Waals surface area (Å²) in [6.45, 7) is 10.5. The number of hydrogen-bond acceptors (Lipinski definition) is 7. The lowest BCUT2D eigenvalue weighted by Crippen LogP contribution is -2.33. The molecule has 0 rings (SSSR count). The van der Waals surface area contributed by atoms with Crippen LogP contribution in [0.4, 0.5) is 4.79 Å². The molecule has 0 aliphatic rings. The summed E-state index contributed by atoms with van der Waals surface area (Å²) in [7, 11) is 0. The second-order valence-corrected chi connectivity index (χ2v) is 5.65. The van der Waals surface area contributed by atoms with Gasteiger partial charge in [0.05, 0.1) is 19.0 Å². The highest BCUT2D eigenvalue weighted by Crippen LogP contribution is 2.14. The quantitative estimate of drug-likeness (QED) is 0.224. The number of hydrogen-bond donors (Lipinski definition) is 2. The number of carbonyl (C=O) groups is 2. The minimum atomic E-state index is -0.592. The van der Waals surface area contributed by atoms with E-state index in [-0.39, 0.29) is 13.2 Å². The van der Waals surface area contributed by atoms with Crippen molar-refractivity contribution in [3.8, 4) is 0 Å². The fourth-order valence-corrected chi connectivity index (χ4v) is 2.09. The monoisotopic (exact) mass is 361 g/mol. The van der Waals surface area contributed by atoms with E-state index in [0.29, 0.717) is 19.3 Å². The van der Waals surface area contributed by atoms with Crippen molar-refractivity contribution in [1.29, 1.82) is 0 Å². The molecule has 0 aromatic heterocycles. The number of carbonyl (C=O) groups excluding carboxylic acids is 2. The minimum absolute atomic E-state index is 0.261. The van der Waals surface area contributed by atoms with Crippen LogP contribution >= 0.6 is 0 Å². The third-order valence-electron chi connectivity index (χ3n) is 3.25. The van der Waals surface area contributed by atoms with Gasteiger partial charge in [-0.15, -0.1) is 0 Å². The SMILES string of the molecule is C=COC(C)OCCNC(=O)OC(C)CC(CC(O)CC)OC(C)=O. The molecule has 0 fully saturated rings. The normalized spacial score (nSPS) is 15.4. The average molecular weight is 361 g/mol. The Morgan fingerprint density at radius 2 is 1.92 bits per heavy atom. The van der Waals surface area contributed by atoms with Gasteiger partial charge in [0, 0.05) is 26.3 Å². The molecule has 0 aromatic rings. The smallest absolute Gasteiger partial charge is 0.407 e. The zero-order valence-electron chi connectivity index (χ0n) is 15.5. The van der Waals surface area contributed by atoms with E-state index < -0.39 is 36.7 Å². The van der Waals surface area contributed by atoms with Crippen LogP contribution in [0.5, 0.6) is 0 Å². The fraction of sp³-hybridized carbons (Fsp3) is 0.765. The summed E-state index contributed by atoms with van der Waals surface area (Å²) in [5.74, 6) is -0.432. The Hall–Kier alpha value is -1.80. The molecule has 2 N–H and O–H groups in total. The Morgan fingerprint density at radius 1 is 1.24 bits per heavy atom. The van der Waals surface area contributed by atoms with Gasteiger partial charge in [-0.1, -0.05) is 13.5 Å². The number of ether oxygens (including phenoxy) is 4. The molecule has 25 heavy (non-hydrogen) atoms. The van der Waals surface area contributed by atoms with Crippen LogP contribution < -0.4 is 5.32 Å². The molecule has 0 saturated carbocycles. The molecule has 8 heteroatoms. The zero-order chi connectivity index (χ0) is 19.2. The van der Waals surface area contributed by atoms with Gasteiger partial charge in [-0.2, -0.15) is 0 Å². The predicted octanol–water partition coefficient (Wildman–Crippen LogP) is 2.11. The number of nitrogens with one attached hydrogen (secondary N) is 1. The van der Waals surface area contributed by atoms with Gasteiger partial charge in [0.25, 0.3) is 0 Å². The van der Waals surface area contributed by atoms with E-state index in [2.05, 4.69) is 11.9 Å². The van der Waals surface area contributed by atoms with E-state index in [0.717, 1.165) is 0 Å². The molecule has 0 aliphatic carbocycles. The molecular formula is C17H31NO7. The second-order valence-electron chi connectivity index (χ2n) is 5.65. The third kappa shape index (κ3) is 13.2. The lowest BCUT2D eigenvalue weighted by atomic mass is 10.0. The number of amides is 1. The summed E-state index contributed by atoms with van der Waals surface area (Å²) < 4.78 is 20.6. The van der Waals surface area contributed by atoms with Gasteiger partial charge in [0.1, 0.15) is 12.2 Å². The van der Waals surface area contributed by atoms with Crippen molar-refractivity contribution in [3.63, 3.8) is 0 Å². The van der Waals surface area contributed by atoms with Gasteiger partial charge in [0.2, 0.25) is 0 Å². The fourth-order valence-electron chi connectivity index (χ4n) is 2.09. The topological polar surface area (TPSA) is 103 Å². The van der Waals surface area contributed by atoms with Crippen LogP contribution in [-0.2, 0) is 23.7 Å². The lowest BCUT2D eigenvalue weighted by molar-refractivity contribution is -0.149. The maximum Gasteiger partial charge on any atom is 0.407 e. The maximum atomic E-state index is 11.7. The van der Waals surface area contributed by atoms with E-state index in [9.17, 15) is 14.7 Å². The van der Waals surface area contributed by atoms with Crippen molar-refractivity contribution >= 4 is 12.1 Å². The Balaban J connectivity index is 4.13. The molecule has 4 unspecified atom stereocenters. The van der Waals surface area contributed by atoms with Crippen molar-refractivity contribution < 1.29 is 33.6 Å². The Morgan fingerprint density at radius 3 is 2.48 bits per heavy atom. The van der Waals surface area contributed by atoms with Gasteiger partial charge in [0.15, 0.2) is 6.29 Å². The Kier molecular flexibility index (Phi) is 12.5. The largest absolute Gasteiger partial charge is 0.473 e. The van der Waals surface area contributed by atoms with Crippen molar-refractivity contribution in [2.75, 3.05) is 13.2 Å². The van der Waals surface area contributed by atoms with Crippen LogP contribution in [-0.4, -0.2) is 54.9 Å². The van der Waals surface area contributed by atoms with Crippen LogP contribution in [0.15, 0.2) is 12.8 Å². The number of alkyl carbamates (subject to hydrolysis) is 1. The number of aliphatic hydroxyl groups is 1. The maximum absolute atomic E-state index is 11.7. The molecule has 0 saturated heterocycles. The first-order valence-electron chi connectivity index (χ1n) is 8.46. The first-order chi connectivity index (χ1) is 11.8. The standard InChI is InChI=1S/C17H31NO7/c1-6-15(20)11-16(25-13(4)19)10-12(3)24-17(21)18-8-9-23-14(5)22-7-2/h7,12,14-16,20H,2,6,8-11H2,1,3-5H3,(H,18,21). The molecule has 1 amide bonds. The molecule has 0 aromatic carbocycles. The molecule has 146 valence electrons. The zero-order valence-corrected chi connectivity index (χ0v) is 15.5. The van der Waals surface area contributed by atoms with Crippen molar-refractivity contribution in [2.24, 2.45) is 0 Å². The van der Waals surface area contributed by atoms with E-state index in [1.165, 1.54) is 13.2 Å². The summed E-state index contributed by atoms with van der Waals surface area (Å²) in [4.78, 5) is 22.9.